The van der Waals surface area contributed by atoms with Crippen LogP contribution in [0.15, 0.2) is 12.5 Å². The first-order valence-electron chi connectivity index (χ1n) is 6.78. The molecule has 2 aromatic rings. The van der Waals surface area contributed by atoms with Crippen molar-refractivity contribution in [1.82, 2.24) is 24.5 Å². The number of hydrogen-bond donors (Lipinski definition) is 1. The van der Waals surface area contributed by atoms with Crippen LogP contribution in [0.4, 0.5) is 0 Å². The van der Waals surface area contributed by atoms with Crippen molar-refractivity contribution in [2.24, 2.45) is 7.05 Å². The average molecular weight is 277 g/mol. The fourth-order valence-electron chi connectivity index (χ4n) is 2.14. The maximum absolute atomic E-state index is 11.3. The highest BCUT2D eigenvalue weighted by atomic mass is 16.4. The Bertz CT molecular complexity index is 587. The minimum atomic E-state index is -1.07. The third-order valence-corrected chi connectivity index (χ3v) is 3.22. The maximum Gasteiger partial charge on any atom is 0.358 e. The largest absolute Gasteiger partial charge is 0.476 e. The molecule has 0 aromatic carbocycles. The van der Waals surface area contributed by atoms with Crippen LogP contribution in [0, 0.1) is 0 Å². The molecule has 0 atom stereocenters. The summed E-state index contributed by atoms with van der Waals surface area (Å²) in [4.78, 5) is 15.3. The van der Waals surface area contributed by atoms with Gasteiger partial charge in [0.05, 0.1) is 18.2 Å². The first-order chi connectivity index (χ1) is 9.65. The van der Waals surface area contributed by atoms with Gasteiger partial charge in [0.15, 0.2) is 5.69 Å². The lowest BCUT2D eigenvalue weighted by Crippen LogP contribution is -2.07. The number of unbranched alkanes of at least 4 members (excludes halogenated alkanes) is 3. The molecule has 0 unspecified atom stereocenters. The molecule has 2 heterocycles. The fourth-order valence-corrected chi connectivity index (χ4v) is 2.14. The van der Waals surface area contributed by atoms with Gasteiger partial charge in [0.2, 0.25) is 0 Å². The molecular weight excluding hydrogens is 258 g/mol. The average Bonchev–Trinajstić information content (AvgIpc) is 3.00. The zero-order valence-corrected chi connectivity index (χ0v) is 11.8. The zero-order valence-electron chi connectivity index (χ0n) is 11.8. The second kappa shape index (κ2) is 6.31. The highest BCUT2D eigenvalue weighted by Crippen LogP contribution is 2.22. The van der Waals surface area contributed by atoms with Gasteiger partial charge in [-0.15, -0.1) is 5.10 Å². The summed E-state index contributed by atoms with van der Waals surface area (Å²) in [7, 11) is 1.82. The fraction of sp³-hybridized carbons (Fsp3) is 0.538. The van der Waals surface area contributed by atoms with Gasteiger partial charge in [-0.25, -0.2) is 14.5 Å². The van der Waals surface area contributed by atoms with E-state index in [0.29, 0.717) is 17.9 Å². The van der Waals surface area contributed by atoms with Crippen molar-refractivity contribution in [3.63, 3.8) is 0 Å². The van der Waals surface area contributed by atoms with Gasteiger partial charge in [-0.05, 0) is 6.42 Å². The van der Waals surface area contributed by atoms with Crippen LogP contribution >= 0.6 is 0 Å². The van der Waals surface area contributed by atoms with E-state index in [1.54, 1.807) is 21.8 Å². The number of nitrogens with zero attached hydrogens (tertiary/aromatic N) is 5. The second-order valence-corrected chi connectivity index (χ2v) is 4.77. The van der Waals surface area contributed by atoms with E-state index in [9.17, 15) is 9.90 Å². The Morgan fingerprint density at radius 2 is 2.15 bits per heavy atom. The lowest BCUT2D eigenvalue weighted by atomic mass is 10.2. The Hall–Kier alpha value is -2.18. The third kappa shape index (κ3) is 2.87. The number of carbonyl (C=O) groups is 1. The molecule has 2 aromatic heterocycles. The van der Waals surface area contributed by atoms with Crippen molar-refractivity contribution in [2.45, 2.75) is 39.2 Å². The van der Waals surface area contributed by atoms with Gasteiger partial charge in [-0.1, -0.05) is 31.4 Å². The van der Waals surface area contributed by atoms with Gasteiger partial charge < -0.3 is 9.67 Å². The molecule has 0 aliphatic rings. The Kier molecular flexibility index (Phi) is 4.49. The van der Waals surface area contributed by atoms with Crippen LogP contribution in [-0.4, -0.2) is 35.6 Å². The van der Waals surface area contributed by atoms with E-state index in [2.05, 4.69) is 22.2 Å². The van der Waals surface area contributed by atoms with E-state index in [0.717, 1.165) is 19.3 Å². The summed E-state index contributed by atoms with van der Waals surface area (Å²) in [5, 5.41) is 17.0. The van der Waals surface area contributed by atoms with Crippen LogP contribution in [0.2, 0.25) is 0 Å². The van der Waals surface area contributed by atoms with E-state index in [1.165, 1.54) is 6.42 Å². The number of carboxylic acid groups (broad SMARTS) is 1. The maximum atomic E-state index is 11.3. The molecule has 0 fully saturated rings. The standard InChI is InChI=1S/C13H19N5O2/c1-3-4-5-6-7-18-12(10-8-14-9-17(10)2)11(13(19)20)15-16-18/h8-9H,3-7H2,1-2H3,(H,19,20). The predicted octanol–water partition coefficient (Wildman–Crippen LogP) is 1.96. The molecule has 0 amide bonds. The van der Waals surface area contributed by atoms with Gasteiger partial charge >= 0.3 is 5.97 Å². The summed E-state index contributed by atoms with van der Waals surface area (Å²) in [5.41, 5.74) is 1.21. The number of carboxylic acids is 1. The van der Waals surface area contributed by atoms with Crippen LogP contribution in [0.25, 0.3) is 11.4 Å². The van der Waals surface area contributed by atoms with Gasteiger partial charge in [0, 0.05) is 13.6 Å². The van der Waals surface area contributed by atoms with Crippen molar-refractivity contribution in [1.29, 1.82) is 0 Å². The second-order valence-electron chi connectivity index (χ2n) is 4.77. The van der Waals surface area contributed by atoms with Gasteiger partial charge in [0.1, 0.15) is 5.69 Å². The van der Waals surface area contributed by atoms with Crippen molar-refractivity contribution in [3.8, 4) is 11.4 Å². The highest BCUT2D eigenvalue weighted by Gasteiger charge is 2.22. The quantitative estimate of drug-likeness (QED) is 0.782. The lowest BCUT2D eigenvalue weighted by molar-refractivity contribution is 0.0691. The van der Waals surface area contributed by atoms with Gasteiger partial charge in [0.25, 0.3) is 0 Å². The van der Waals surface area contributed by atoms with Crippen molar-refractivity contribution in [3.05, 3.63) is 18.2 Å². The predicted molar refractivity (Wildman–Crippen MR) is 73.3 cm³/mol. The van der Waals surface area contributed by atoms with Crippen molar-refractivity contribution < 1.29 is 9.90 Å². The van der Waals surface area contributed by atoms with Gasteiger partial charge in [-0.3, -0.25) is 0 Å². The molecule has 108 valence electrons. The third-order valence-electron chi connectivity index (χ3n) is 3.22. The molecule has 0 saturated heterocycles. The topological polar surface area (TPSA) is 85.8 Å². The van der Waals surface area contributed by atoms with E-state index in [1.807, 2.05) is 7.05 Å². The molecule has 20 heavy (non-hydrogen) atoms. The molecule has 0 aliphatic heterocycles. The monoisotopic (exact) mass is 277 g/mol. The molecule has 7 heteroatoms. The van der Waals surface area contributed by atoms with Crippen LogP contribution in [0.3, 0.4) is 0 Å². The number of rotatable bonds is 7. The minimum Gasteiger partial charge on any atom is -0.476 e. The number of aromatic nitrogens is 5. The van der Waals surface area contributed by atoms with E-state index >= 15 is 0 Å². The molecule has 0 radical (unpaired) electrons. The van der Waals surface area contributed by atoms with Crippen LogP contribution < -0.4 is 0 Å². The summed E-state index contributed by atoms with van der Waals surface area (Å²) in [6.07, 6.45) is 7.65. The normalized spacial score (nSPS) is 10.9. The molecule has 0 aliphatic carbocycles. The SMILES string of the molecule is CCCCCCn1nnc(C(=O)O)c1-c1cncn1C. The Morgan fingerprint density at radius 1 is 1.35 bits per heavy atom. The number of imidazole rings is 1. The Balaban J connectivity index is 2.29. The Labute approximate surface area is 117 Å². The Morgan fingerprint density at radius 3 is 2.75 bits per heavy atom. The molecular formula is C13H19N5O2. The minimum absolute atomic E-state index is 0.0240. The highest BCUT2D eigenvalue weighted by molar-refractivity contribution is 5.92. The first-order valence-corrected chi connectivity index (χ1v) is 6.78. The van der Waals surface area contributed by atoms with Gasteiger partial charge in [-0.2, -0.15) is 0 Å². The van der Waals surface area contributed by atoms with E-state index in [4.69, 9.17) is 0 Å². The lowest BCUT2D eigenvalue weighted by Gasteiger charge is -2.07. The smallest absolute Gasteiger partial charge is 0.358 e. The summed E-state index contributed by atoms with van der Waals surface area (Å²) in [6, 6.07) is 0. The van der Waals surface area contributed by atoms with Crippen LogP contribution in [-0.2, 0) is 13.6 Å². The number of aryl methyl sites for hydroxylation is 2. The molecule has 0 spiro atoms. The molecule has 7 nitrogen and oxygen atoms in total. The van der Waals surface area contributed by atoms with E-state index < -0.39 is 5.97 Å². The number of aromatic carboxylic acids is 1. The molecule has 0 saturated carbocycles. The molecule has 0 bridgehead atoms. The van der Waals surface area contributed by atoms with Crippen molar-refractivity contribution >= 4 is 5.97 Å². The summed E-state index contributed by atoms with van der Waals surface area (Å²) >= 11 is 0. The zero-order chi connectivity index (χ0) is 14.5. The van der Waals surface area contributed by atoms with E-state index in [-0.39, 0.29) is 5.69 Å². The molecule has 2 rings (SSSR count). The number of hydrogen-bond acceptors (Lipinski definition) is 4. The van der Waals surface area contributed by atoms with Crippen LogP contribution in [0.5, 0.6) is 0 Å². The first kappa shape index (κ1) is 14.2. The molecule has 1 N–H and O–H groups in total. The van der Waals surface area contributed by atoms with Crippen molar-refractivity contribution in [2.75, 3.05) is 0 Å². The summed E-state index contributed by atoms with van der Waals surface area (Å²) in [5.74, 6) is -1.07. The van der Waals surface area contributed by atoms with Crippen LogP contribution in [0.1, 0.15) is 43.1 Å². The summed E-state index contributed by atoms with van der Waals surface area (Å²) in [6.45, 7) is 2.82. The summed E-state index contributed by atoms with van der Waals surface area (Å²) < 4.78 is 3.43.